The number of hydrogen-bond acceptors (Lipinski definition) is 3. The van der Waals surface area contributed by atoms with Crippen LogP contribution in [0.2, 0.25) is 0 Å². The molecule has 0 bridgehead atoms. The molecule has 0 aliphatic carbocycles. The zero-order chi connectivity index (χ0) is 14.7. The van der Waals surface area contributed by atoms with Crippen LogP contribution in [0.15, 0.2) is 18.2 Å². The van der Waals surface area contributed by atoms with Gasteiger partial charge < -0.3 is 15.2 Å². The average Bonchev–Trinajstić information content (AvgIpc) is 2.22. The van der Waals surface area contributed by atoms with Crippen molar-refractivity contribution in [2.45, 2.75) is 59.2 Å². The van der Waals surface area contributed by atoms with Gasteiger partial charge in [0.05, 0.1) is 5.60 Å². The van der Waals surface area contributed by atoms with Crippen molar-refractivity contribution in [1.82, 2.24) is 5.32 Å². The fourth-order valence-electron chi connectivity index (χ4n) is 1.60. The lowest BCUT2D eigenvalue weighted by Gasteiger charge is -2.23. The van der Waals surface area contributed by atoms with Crippen LogP contribution in [0, 0.1) is 6.92 Å². The minimum atomic E-state index is -0.820. The van der Waals surface area contributed by atoms with E-state index in [0.717, 1.165) is 17.9 Å². The van der Waals surface area contributed by atoms with Gasteiger partial charge in [0.25, 0.3) is 0 Å². The number of aryl methyl sites for hydroxylation is 1. The van der Waals surface area contributed by atoms with Crippen molar-refractivity contribution in [2.24, 2.45) is 0 Å². The Morgan fingerprint density at radius 3 is 2.32 bits per heavy atom. The van der Waals surface area contributed by atoms with Crippen LogP contribution < -0.4 is 10.1 Å². The SMILES string of the molecule is Cc1ccc(OCC(C)(C)O)c(CNC(C)(C)C)c1. The first-order chi connectivity index (χ1) is 8.57. The van der Waals surface area contributed by atoms with Crippen LogP contribution in [0.4, 0.5) is 0 Å². The van der Waals surface area contributed by atoms with Gasteiger partial charge in [0.2, 0.25) is 0 Å². The summed E-state index contributed by atoms with van der Waals surface area (Å²) in [5.74, 6) is 0.837. The van der Waals surface area contributed by atoms with E-state index in [1.54, 1.807) is 13.8 Å². The monoisotopic (exact) mass is 265 g/mol. The molecular weight excluding hydrogens is 238 g/mol. The maximum Gasteiger partial charge on any atom is 0.123 e. The smallest absolute Gasteiger partial charge is 0.123 e. The fraction of sp³-hybridized carbons (Fsp3) is 0.625. The van der Waals surface area contributed by atoms with Crippen LogP contribution in [0.3, 0.4) is 0 Å². The summed E-state index contributed by atoms with van der Waals surface area (Å²) in [6.07, 6.45) is 0. The largest absolute Gasteiger partial charge is 0.490 e. The summed E-state index contributed by atoms with van der Waals surface area (Å²) < 4.78 is 5.73. The van der Waals surface area contributed by atoms with Gasteiger partial charge in [0.15, 0.2) is 0 Å². The molecule has 19 heavy (non-hydrogen) atoms. The minimum absolute atomic E-state index is 0.0667. The van der Waals surface area contributed by atoms with Crippen molar-refractivity contribution >= 4 is 0 Å². The van der Waals surface area contributed by atoms with Crippen molar-refractivity contribution < 1.29 is 9.84 Å². The average molecular weight is 265 g/mol. The lowest BCUT2D eigenvalue weighted by Crippen LogP contribution is -2.35. The van der Waals surface area contributed by atoms with Crippen LogP contribution in [-0.2, 0) is 6.54 Å². The van der Waals surface area contributed by atoms with E-state index in [2.05, 4.69) is 39.1 Å². The van der Waals surface area contributed by atoms with Crippen molar-refractivity contribution in [1.29, 1.82) is 0 Å². The molecule has 0 amide bonds. The molecule has 0 saturated heterocycles. The Bertz CT molecular complexity index is 414. The number of rotatable bonds is 5. The van der Waals surface area contributed by atoms with Crippen LogP contribution in [0.25, 0.3) is 0 Å². The molecule has 0 aromatic heterocycles. The highest BCUT2D eigenvalue weighted by Gasteiger charge is 2.16. The van der Waals surface area contributed by atoms with E-state index in [-0.39, 0.29) is 5.54 Å². The summed E-state index contributed by atoms with van der Waals surface area (Å²) in [6.45, 7) is 13.0. The Hall–Kier alpha value is -1.06. The quantitative estimate of drug-likeness (QED) is 0.860. The predicted molar refractivity (Wildman–Crippen MR) is 79.6 cm³/mol. The van der Waals surface area contributed by atoms with E-state index < -0.39 is 5.60 Å². The molecule has 0 fully saturated rings. The van der Waals surface area contributed by atoms with Gasteiger partial charge in [-0.3, -0.25) is 0 Å². The Labute approximate surface area is 117 Å². The molecule has 3 nitrogen and oxygen atoms in total. The summed E-state index contributed by atoms with van der Waals surface area (Å²) >= 11 is 0. The lowest BCUT2D eigenvalue weighted by atomic mass is 10.1. The molecule has 0 atom stereocenters. The second-order valence-corrected chi connectivity index (χ2v) is 6.82. The zero-order valence-electron chi connectivity index (χ0n) is 13.0. The first-order valence-corrected chi connectivity index (χ1v) is 6.77. The molecule has 108 valence electrons. The second-order valence-electron chi connectivity index (χ2n) is 6.82. The second kappa shape index (κ2) is 5.93. The molecule has 0 heterocycles. The maximum atomic E-state index is 9.74. The van der Waals surface area contributed by atoms with Crippen LogP contribution in [0.5, 0.6) is 5.75 Å². The Kier molecular flexibility index (Phi) is 4.99. The van der Waals surface area contributed by atoms with Crippen LogP contribution in [-0.4, -0.2) is 22.9 Å². The summed E-state index contributed by atoms with van der Waals surface area (Å²) in [5.41, 5.74) is 1.58. The van der Waals surface area contributed by atoms with Gasteiger partial charge in [-0.15, -0.1) is 0 Å². The van der Waals surface area contributed by atoms with Gasteiger partial charge in [0.1, 0.15) is 12.4 Å². The normalized spacial score (nSPS) is 12.6. The van der Waals surface area contributed by atoms with Gasteiger partial charge in [-0.05, 0) is 47.6 Å². The van der Waals surface area contributed by atoms with Crippen molar-refractivity contribution in [3.8, 4) is 5.75 Å². The molecule has 0 spiro atoms. The van der Waals surface area contributed by atoms with E-state index in [0.29, 0.717) is 6.61 Å². The third kappa shape index (κ3) is 6.60. The summed E-state index contributed by atoms with van der Waals surface area (Å²) in [4.78, 5) is 0. The van der Waals surface area contributed by atoms with E-state index in [4.69, 9.17) is 4.74 Å². The molecule has 0 aliphatic rings. The molecule has 1 aromatic rings. The predicted octanol–water partition coefficient (Wildman–Crippen LogP) is 3.03. The third-order valence-corrected chi connectivity index (χ3v) is 2.61. The number of hydrogen-bond donors (Lipinski definition) is 2. The van der Waals surface area contributed by atoms with Crippen LogP contribution in [0.1, 0.15) is 45.7 Å². The van der Waals surface area contributed by atoms with Crippen molar-refractivity contribution in [3.05, 3.63) is 29.3 Å². The topological polar surface area (TPSA) is 41.5 Å². The summed E-state index contributed by atoms with van der Waals surface area (Å²) in [6, 6.07) is 6.12. The van der Waals surface area contributed by atoms with Gasteiger partial charge in [-0.2, -0.15) is 0 Å². The molecule has 0 unspecified atom stereocenters. The first-order valence-electron chi connectivity index (χ1n) is 6.77. The summed E-state index contributed by atoms with van der Waals surface area (Å²) in [5, 5.41) is 13.2. The van der Waals surface area contributed by atoms with Gasteiger partial charge in [-0.1, -0.05) is 17.7 Å². The first kappa shape index (κ1) is 16.0. The van der Waals surface area contributed by atoms with E-state index >= 15 is 0 Å². The third-order valence-electron chi connectivity index (χ3n) is 2.61. The highest BCUT2D eigenvalue weighted by molar-refractivity contribution is 5.37. The lowest BCUT2D eigenvalue weighted by molar-refractivity contribution is 0.0281. The molecule has 1 aromatic carbocycles. The van der Waals surface area contributed by atoms with Crippen molar-refractivity contribution in [2.75, 3.05) is 6.61 Å². The van der Waals surface area contributed by atoms with Gasteiger partial charge in [-0.25, -0.2) is 0 Å². The molecular formula is C16H27NO2. The maximum absolute atomic E-state index is 9.74. The molecule has 2 N–H and O–H groups in total. The van der Waals surface area contributed by atoms with Gasteiger partial charge in [0, 0.05) is 17.6 Å². The molecule has 3 heteroatoms. The van der Waals surface area contributed by atoms with Gasteiger partial charge >= 0.3 is 0 Å². The molecule has 1 rings (SSSR count). The summed E-state index contributed by atoms with van der Waals surface area (Å²) in [7, 11) is 0. The number of ether oxygens (including phenoxy) is 1. The van der Waals surface area contributed by atoms with E-state index in [9.17, 15) is 5.11 Å². The standard InChI is InChI=1S/C16H27NO2/c1-12-7-8-14(19-11-16(5,6)18)13(9-12)10-17-15(2,3)4/h7-9,17-18H,10-11H2,1-6H3. The molecule has 0 radical (unpaired) electrons. The molecule has 0 saturated carbocycles. The highest BCUT2D eigenvalue weighted by atomic mass is 16.5. The zero-order valence-corrected chi connectivity index (χ0v) is 13.0. The number of aliphatic hydroxyl groups is 1. The van der Waals surface area contributed by atoms with E-state index in [1.165, 1.54) is 5.56 Å². The van der Waals surface area contributed by atoms with Crippen molar-refractivity contribution in [3.63, 3.8) is 0 Å². The number of benzene rings is 1. The Morgan fingerprint density at radius 2 is 1.79 bits per heavy atom. The fourth-order valence-corrected chi connectivity index (χ4v) is 1.60. The minimum Gasteiger partial charge on any atom is -0.490 e. The Morgan fingerprint density at radius 1 is 1.16 bits per heavy atom. The molecule has 0 aliphatic heterocycles. The highest BCUT2D eigenvalue weighted by Crippen LogP contribution is 2.22. The van der Waals surface area contributed by atoms with E-state index in [1.807, 2.05) is 12.1 Å². The Balaban J connectivity index is 2.80. The van der Waals surface area contributed by atoms with Crippen LogP contribution >= 0.6 is 0 Å². The number of nitrogens with one attached hydrogen (secondary N) is 1.